The molecule has 1 saturated heterocycles. The fourth-order valence-corrected chi connectivity index (χ4v) is 3.39. The van der Waals surface area contributed by atoms with E-state index in [-0.39, 0.29) is 5.91 Å². The van der Waals surface area contributed by atoms with Gasteiger partial charge in [0.1, 0.15) is 5.82 Å². The van der Waals surface area contributed by atoms with E-state index in [1.165, 1.54) is 0 Å². The summed E-state index contributed by atoms with van der Waals surface area (Å²) in [6.07, 6.45) is 4.08. The number of imidazole rings is 1. The third-order valence-electron chi connectivity index (χ3n) is 5.03. The van der Waals surface area contributed by atoms with E-state index in [0.717, 1.165) is 68.3 Å². The average molecular weight is 378 g/mol. The van der Waals surface area contributed by atoms with Crippen molar-refractivity contribution >= 4 is 17.4 Å². The number of amides is 1. The van der Waals surface area contributed by atoms with Crippen LogP contribution in [0.5, 0.6) is 0 Å². The zero-order valence-corrected chi connectivity index (χ0v) is 16.2. The van der Waals surface area contributed by atoms with Crippen molar-refractivity contribution in [2.45, 2.75) is 19.8 Å². The topological polar surface area (TPSA) is 74.6 Å². The quantitative estimate of drug-likeness (QED) is 0.645. The van der Waals surface area contributed by atoms with Crippen molar-refractivity contribution in [1.29, 1.82) is 0 Å². The standard InChI is InChI=1S/C21H26N6O/c1-2-3-10-23-19-8-9-20-24-15-18(27(20)25-19)16-4-6-17(7-5-16)21(28)26-13-11-22-12-14-26/h4-9,15,22H,2-3,10-14H2,1H3,(H,23,25). The molecular weight excluding hydrogens is 352 g/mol. The van der Waals surface area contributed by atoms with Crippen LogP contribution in [-0.2, 0) is 0 Å². The van der Waals surface area contributed by atoms with Gasteiger partial charge in [0.15, 0.2) is 5.65 Å². The predicted octanol–water partition coefficient (Wildman–Crippen LogP) is 2.65. The molecule has 0 spiro atoms. The number of fused-ring (bicyclic) bond motifs is 1. The normalized spacial score (nSPS) is 14.4. The molecule has 3 aromatic rings. The van der Waals surface area contributed by atoms with Gasteiger partial charge >= 0.3 is 0 Å². The molecule has 1 fully saturated rings. The Bertz CT molecular complexity index is 943. The highest BCUT2D eigenvalue weighted by molar-refractivity contribution is 5.94. The Kier molecular flexibility index (Phi) is 5.53. The highest BCUT2D eigenvalue weighted by atomic mass is 16.2. The molecule has 0 atom stereocenters. The van der Waals surface area contributed by atoms with Gasteiger partial charge in [-0.3, -0.25) is 4.79 Å². The van der Waals surface area contributed by atoms with E-state index in [1.807, 2.05) is 52.0 Å². The predicted molar refractivity (Wildman–Crippen MR) is 111 cm³/mol. The van der Waals surface area contributed by atoms with Crippen LogP contribution in [0.1, 0.15) is 30.1 Å². The van der Waals surface area contributed by atoms with Crippen LogP contribution >= 0.6 is 0 Å². The van der Waals surface area contributed by atoms with E-state index >= 15 is 0 Å². The molecule has 0 unspecified atom stereocenters. The lowest BCUT2D eigenvalue weighted by Gasteiger charge is -2.27. The van der Waals surface area contributed by atoms with Gasteiger partial charge in [0.2, 0.25) is 0 Å². The first-order chi connectivity index (χ1) is 13.8. The second-order valence-corrected chi connectivity index (χ2v) is 7.03. The maximum Gasteiger partial charge on any atom is 0.253 e. The van der Waals surface area contributed by atoms with Crippen LogP contribution in [-0.4, -0.2) is 58.1 Å². The number of piperazine rings is 1. The lowest BCUT2D eigenvalue weighted by Crippen LogP contribution is -2.46. The number of carbonyl (C=O) groups is 1. The van der Waals surface area contributed by atoms with E-state index in [1.54, 1.807) is 0 Å². The minimum absolute atomic E-state index is 0.0896. The number of anilines is 1. The molecule has 0 aliphatic carbocycles. The molecule has 2 aromatic heterocycles. The van der Waals surface area contributed by atoms with Gasteiger partial charge < -0.3 is 15.5 Å². The molecule has 1 aliphatic heterocycles. The largest absolute Gasteiger partial charge is 0.369 e. The number of hydrogen-bond donors (Lipinski definition) is 2. The molecule has 0 bridgehead atoms. The third-order valence-corrected chi connectivity index (χ3v) is 5.03. The number of nitrogens with one attached hydrogen (secondary N) is 2. The molecule has 146 valence electrons. The molecule has 7 heteroatoms. The summed E-state index contributed by atoms with van der Waals surface area (Å²) in [5.41, 5.74) is 3.42. The van der Waals surface area contributed by atoms with Gasteiger partial charge in [-0.25, -0.2) is 9.50 Å². The van der Waals surface area contributed by atoms with E-state index in [0.29, 0.717) is 5.56 Å². The van der Waals surface area contributed by atoms with Crippen molar-refractivity contribution in [2.75, 3.05) is 38.0 Å². The Morgan fingerprint density at radius 2 is 1.93 bits per heavy atom. The average Bonchev–Trinajstić information content (AvgIpc) is 3.17. The zero-order valence-electron chi connectivity index (χ0n) is 16.2. The summed E-state index contributed by atoms with van der Waals surface area (Å²) in [6.45, 7) is 6.29. The van der Waals surface area contributed by atoms with Crippen molar-refractivity contribution in [3.05, 3.63) is 48.2 Å². The van der Waals surface area contributed by atoms with Gasteiger partial charge in [0.25, 0.3) is 5.91 Å². The number of aromatic nitrogens is 3. The van der Waals surface area contributed by atoms with Gasteiger partial charge in [-0.15, -0.1) is 5.10 Å². The number of unbranched alkanes of at least 4 members (excludes halogenated alkanes) is 1. The Labute approximate surface area is 164 Å². The summed E-state index contributed by atoms with van der Waals surface area (Å²) in [7, 11) is 0. The van der Waals surface area contributed by atoms with E-state index in [4.69, 9.17) is 0 Å². The van der Waals surface area contributed by atoms with Crippen molar-refractivity contribution in [2.24, 2.45) is 0 Å². The molecule has 7 nitrogen and oxygen atoms in total. The molecule has 1 aliphatic rings. The molecule has 2 N–H and O–H groups in total. The first-order valence-electron chi connectivity index (χ1n) is 9.95. The second kappa shape index (κ2) is 8.39. The van der Waals surface area contributed by atoms with Crippen LogP contribution < -0.4 is 10.6 Å². The Hall–Kier alpha value is -2.93. The first-order valence-corrected chi connectivity index (χ1v) is 9.95. The summed E-state index contributed by atoms with van der Waals surface area (Å²) in [5, 5.41) is 11.3. The molecule has 28 heavy (non-hydrogen) atoms. The monoisotopic (exact) mass is 378 g/mol. The van der Waals surface area contributed by atoms with Crippen LogP contribution in [0.25, 0.3) is 16.9 Å². The fourth-order valence-electron chi connectivity index (χ4n) is 3.39. The highest BCUT2D eigenvalue weighted by Gasteiger charge is 2.18. The van der Waals surface area contributed by atoms with E-state index < -0.39 is 0 Å². The molecule has 0 radical (unpaired) electrons. The minimum atomic E-state index is 0.0896. The summed E-state index contributed by atoms with van der Waals surface area (Å²) in [5.74, 6) is 0.928. The van der Waals surface area contributed by atoms with Crippen molar-refractivity contribution in [1.82, 2.24) is 24.8 Å². The maximum atomic E-state index is 12.6. The summed E-state index contributed by atoms with van der Waals surface area (Å²) < 4.78 is 1.85. The maximum absolute atomic E-state index is 12.6. The number of carbonyl (C=O) groups excluding carboxylic acids is 1. The van der Waals surface area contributed by atoms with Crippen molar-refractivity contribution in [3.8, 4) is 11.3 Å². The summed E-state index contributed by atoms with van der Waals surface area (Å²) in [4.78, 5) is 19.0. The van der Waals surface area contributed by atoms with Crippen LogP contribution in [0.2, 0.25) is 0 Å². The van der Waals surface area contributed by atoms with Crippen LogP contribution in [0.15, 0.2) is 42.6 Å². The van der Waals surface area contributed by atoms with Gasteiger partial charge in [-0.05, 0) is 30.7 Å². The number of nitrogens with zero attached hydrogens (tertiary/aromatic N) is 4. The van der Waals surface area contributed by atoms with Gasteiger partial charge in [0, 0.05) is 43.9 Å². The molecule has 1 amide bonds. The van der Waals surface area contributed by atoms with Crippen LogP contribution in [0.4, 0.5) is 5.82 Å². The third kappa shape index (κ3) is 3.84. The van der Waals surface area contributed by atoms with Gasteiger partial charge in [-0.2, -0.15) is 0 Å². The SMILES string of the molecule is CCCCNc1ccc2ncc(-c3ccc(C(=O)N4CCNCC4)cc3)n2n1. The van der Waals surface area contributed by atoms with E-state index in [9.17, 15) is 4.79 Å². The molecular formula is C21H26N6O. The molecule has 0 saturated carbocycles. The first kappa shape index (κ1) is 18.4. The lowest BCUT2D eigenvalue weighted by atomic mass is 10.1. The lowest BCUT2D eigenvalue weighted by molar-refractivity contribution is 0.0736. The zero-order chi connectivity index (χ0) is 19.3. The molecule has 3 heterocycles. The number of rotatable bonds is 6. The summed E-state index contributed by atoms with van der Waals surface area (Å²) in [6, 6.07) is 11.6. The van der Waals surface area contributed by atoms with Gasteiger partial charge in [-0.1, -0.05) is 25.5 Å². The van der Waals surface area contributed by atoms with Crippen LogP contribution in [0.3, 0.4) is 0 Å². The Morgan fingerprint density at radius 3 is 2.68 bits per heavy atom. The highest BCUT2D eigenvalue weighted by Crippen LogP contribution is 2.22. The second-order valence-electron chi connectivity index (χ2n) is 7.03. The Balaban J connectivity index is 1.55. The van der Waals surface area contributed by atoms with Crippen molar-refractivity contribution < 1.29 is 4.79 Å². The summed E-state index contributed by atoms with van der Waals surface area (Å²) >= 11 is 0. The minimum Gasteiger partial charge on any atom is -0.369 e. The van der Waals surface area contributed by atoms with Crippen molar-refractivity contribution in [3.63, 3.8) is 0 Å². The molecule has 4 rings (SSSR count). The van der Waals surface area contributed by atoms with Gasteiger partial charge in [0.05, 0.1) is 11.9 Å². The number of hydrogen-bond acceptors (Lipinski definition) is 5. The Morgan fingerprint density at radius 1 is 1.14 bits per heavy atom. The van der Waals surface area contributed by atoms with E-state index in [2.05, 4.69) is 27.6 Å². The smallest absolute Gasteiger partial charge is 0.253 e. The fraction of sp³-hybridized carbons (Fsp3) is 0.381. The number of benzene rings is 1. The van der Waals surface area contributed by atoms with Crippen LogP contribution in [0, 0.1) is 0 Å². The molecule has 1 aromatic carbocycles.